The van der Waals surface area contributed by atoms with E-state index < -0.39 is 11.0 Å². The van der Waals surface area contributed by atoms with E-state index in [-0.39, 0.29) is 11.5 Å². The summed E-state index contributed by atoms with van der Waals surface area (Å²) in [7, 11) is 0. The van der Waals surface area contributed by atoms with Crippen LogP contribution < -0.4 is 11.3 Å². The predicted molar refractivity (Wildman–Crippen MR) is 151 cm³/mol. The monoisotopic (exact) mass is 531 g/mol. The van der Waals surface area contributed by atoms with Gasteiger partial charge < -0.3 is 10.6 Å². The van der Waals surface area contributed by atoms with Crippen LogP contribution in [0.2, 0.25) is 5.15 Å². The average molecular weight is 532 g/mol. The normalized spacial score (nSPS) is 14.6. The molecule has 0 atom stereocenters. The zero-order chi connectivity index (χ0) is 27.1. The molecule has 2 aromatic carbocycles. The SMILES string of the molecule is Cc1ccc(C(=O)N(CCC(C)(C)N)CC2(c3nn4c(Cl)ccc4c(=O)n3Cc3ccccc3)CC2)cc1. The summed E-state index contributed by atoms with van der Waals surface area (Å²) in [5.41, 5.74) is 8.48. The van der Waals surface area contributed by atoms with Gasteiger partial charge in [-0.25, -0.2) is 4.52 Å². The van der Waals surface area contributed by atoms with E-state index in [1.54, 1.807) is 16.7 Å². The van der Waals surface area contributed by atoms with E-state index in [0.717, 1.165) is 24.0 Å². The second-order valence-corrected chi connectivity index (χ2v) is 11.7. The van der Waals surface area contributed by atoms with Gasteiger partial charge in [0.2, 0.25) is 0 Å². The minimum atomic E-state index is -0.450. The zero-order valence-corrected chi connectivity index (χ0v) is 22.9. The molecule has 198 valence electrons. The van der Waals surface area contributed by atoms with Crippen molar-refractivity contribution in [2.45, 2.75) is 57.5 Å². The zero-order valence-electron chi connectivity index (χ0n) is 22.2. The Hall–Kier alpha value is -3.42. The highest BCUT2D eigenvalue weighted by Gasteiger charge is 2.50. The lowest BCUT2D eigenvalue weighted by Crippen LogP contribution is -2.44. The van der Waals surface area contributed by atoms with Gasteiger partial charge in [0.15, 0.2) is 0 Å². The molecular formula is C30H34ClN5O2. The lowest BCUT2D eigenvalue weighted by atomic mass is 9.99. The first kappa shape index (κ1) is 26.2. The van der Waals surface area contributed by atoms with Gasteiger partial charge in [0.25, 0.3) is 11.5 Å². The van der Waals surface area contributed by atoms with E-state index in [1.165, 1.54) is 4.52 Å². The second-order valence-electron chi connectivity index (χ2n) is 11.3. The number of halogens is 1. The summed E-state index contributed by atoms with van der Waals surface area (Å²) >= 11 is 6.42. The second kappa shape index (κ2) is 10.0. The third-order valence-corrected chi connectivity index (χ3v) is 7.63. The molecule has 1 fully saturated rings. The molecular weight excluding hydrogens is 498 g/mol. The number of amides is 1. The van der Waals surface area contributed by atoms with Gasteiger partial charge >= 0.3 is 0 Å². The first-order chi connectivity index (χ1) is 18.1. The summed E-state index contributed by atoms with van der Waals surface area (Å²) in [6.45, 7) is 7.28. The predicted octanol–water partition coefficient (Wildman–Crippen LogP) is 4.81. The number of hydrogen-bond acceptors (Lipinski definition) is 4. The molecule has 0 radical (unpaired) electrons. The molecule has 8 heteroatoms. The van der Waals surface area contributed by atoms with Crippen LogP contribution in [0.25, 0.3) is 5.52 Å². The van der Waals surface area contributed by atoms with Crippen LogP contribution in [0.3, 0.4) is 0 Å². The van der Waals surface area contributed by atoms with Crippen molar-refractivity contribution in [3.05, 3.63) is 105 Å². The first-order valence-electron chi connectivity index (χ1n) is 13.0. The van der Waals surface area contributed by atoms with E-state index in [9.17, 15) is 9.59 Å². The van der Waals surface area contributed by atoms with Crippen molar-refractivity contribution in [2.24, 2.45) is 5.73 Å². The minimum Gasteiger partial charge on any atom is -0.338 e. The third-order valence-electron chi connectivity index (χ3n) is 7.34. The number of aromatic nitrogens is 3. The Morgan fingerprint density at radius 3 is 2.39 bits per heavy atom. The molecule has 7 nitrogen and oxygen atoms in total. The lowest BCUT2D eigenvalue weighted by Gasteiger charge is -2.31. The Bertz CT molecular complexity index is 1510. The maximum absolute atomic E-state index is 13.7. The molecule has 0 saturated heterocycles. The minimum absolute atomic E-state index is 0.0439. The van der Waals surface area contributed by atoms with Crippen LogP contribution in [0.1, 0.15) is 60.4 Å². The standard InChI is InChI=1S/C30H34ClN5O2/c1-21-9-11-23(12-10-21)26(37)34(18-17-29(2,3)32)20-30(15-16-30)28-33-36-24(13-14-25(36)31)27(38)35(28)19-22-7-5-4-6-8-22/h4-14H,15-20,32H2,1-3H3. The first-order valence-corrected chi connectivity index (χ1v) is 13.4. The molecule has 1 aliphatic carbocycles. The van der Waals surface area contributed by atoms with Crippen molar-refractivity contribution in [1.82, 2.24) is 19.1 Å². The van der Waals surface area contributed by atoms with Crippen molar-refractivity contribution in [3.63, 3.8) is 0 Å². The Kier molecular flexibility index (Phi) is 6.92. The highest BCUT2D eigenvalue weighted by molar-refractivity contribution is 6.29. The molecule has 1 saturated carbocycles. The van der Waals surface area contributed by atoms with Crippen molar-refractivity contribution < 1.29 is 4.79 Å². The molecule has 0 unspecified atom stereocenters. The largest absolute Gasteiger partial charge is 0.338 e. The van der Waals surface area contributed by atoms with E-state index in [0.29, 0.717) is 48.1 Å². The van der Waals surface area contributed by atoms with Crippen LogP contribution >= 0.6 is 11.6 Å². The van der Waals surface area contributed by atoms with Crippen LogP contribution in [0.15, 0.2) is 71.5 Å². The fourth-order valence-corrected chi connectivity index (χ4v) is 5.07. The number of nitrogens with zero attached hydrogens (tertiary/aromatic N) is 4. The van der Waals surface area contributed by atoms with Gasteiger partial charge in [-0.1, -0.05) is 59.6 Å². The Balaban J connectivity index is 1.56. The van der Waals surface area contributed by atoms with Gasteiger partial charge in [-0.05, 0) is 69.9 Å². The van der Waals surface area contributed by atoms with Gasteiger partial charge in [-0.3, -0.25) is 14.2 Å². The fraction of sp³-hybridized carbons (Fsp3) is 0.367. The summed E-state index contributed by atoms with van der Waals surface area (Å²) < 4.78 is 3.28. The molecule has 5 rings (SSSR count). The smallest absolute Gasteiger partial charge is 0.278 e. The van der Waals surface area contributed by atoms with E-state index in [2.05, 4.69) is 0 Å². The van der Waals surface area contributed by atoms with Crippen LogP contribution in [-0.2, 0) is 12.0 Å². The molecule has 1 aliphatic rings. The van der Waals surface area contributed by atoms with E-state index >= 15 is 0 Å². The molecule has 0 spiro atoms. The molecule has 2 aromatic heterocycles. The molecule has 2 heterocycles. The Morgan fingerprint density at radius 1 is 1.08 bits per heavy atom. The van der Waals surface area contributed by atoms with Crippen molar-refractivity contribution in [2.75, 3.05) is 13.1 Å². The Labute approximate surface area is 227 Å². The molecule has 0 bridgehead atoms. The number of carbonyl (C=O) groups is 1. The quantitative estimate of drug-likeness (QED) is 0.336. The highest BCUT2D eigenvalue weighted by Crippen LogP contribution is 2.48. The Morgan fingerprint density at radius 2 is 1.76 bits per heavy atom. The molecule has 38 heavy (non-hydrogen) atoms. The summed E-state index contributed by atoms with van der Waals surface area (Å²) in [5.74, 6) is 0.614. The molecule has 2 N–H and O–H groups in total. The fourth-order valence-electron chi connectivity index (χ4n) is 4.88. The number of hydrogen-bond donors (Lipinski definition) is 1. The van der Waals surface area contributed by atoms with E-state index in [1.807, 2.05) is 80.3 Å². The van der Waals surface area contributed by atoms with Crippen LogP contribution in [-0.4, -0.2) is 43.6 Å². The average Bonchev–Trinajstić information content (AvgIpc) is 3.57. The number of nitrogens with two attached hydrogens (primary N) is 1. The number of benzene rings is 2. The summed E-state index contributed by atoms with van der Waals surface area (Å²) in [6.07, 6.45) is 2.29. The number of carbonyl (C=O) groups excluding carboxylic acids is 1. The highest BCUT2D eigenvalue weighted by atomic mass is 35.5. The molecule has 0 aliphatic heterocycles. The van der Waals surface area contributed by atoms with Crippen molar-refractivity contribution in [3.8, 4) is 0 Å². The van der Waals surface area contributed by atoms with Crippen LogP contribution in [0.5, 0.6) is 0 Å². The van der Waals surface area contributed by atoms with Gasteiger partial charge in [-0.15, -0.1) is 0 Å². The van der Waals surface area contributed by atoms with Gasteiger partial charge in [0.1, 0.15) is 16.5 Å². The number of aryl methyl sites for hydroxylation is 1. The maximum Gasteiger partial charge on any atom is 0.278 e. The number of fused-ring (bicyclic) bond motifs is 1. The lowest BCUT2D eigenvalue weighted by molar-refractivity contribution is 0.0725. The van der Waals surface area contributed by atoms with E-state index in [4.69, 9.17) is 22.4 Å². The summed E-state index contributed by atoms with van der Waals surface area (Å²) in [5, 5.41) is 5.30. The molecule has 1 amide bonds. The van der Waals surface area contributed by atoms with Crippen LogP contribution in [0.4, 0.5) is 0 Å². The number of rotatable bonds is 9. The van der Waals surface area contributed by atoms with Gasteiger partial charge in [-0.2, -0.15) is 5.10 Å². The third kappa shape index (κ3) is 5.40. The van der Waals surface area contributed by atoms with Crippen molar-refractivity contribution in [1.29, 1.82) is 0 Å². The van der Waals surface area contributed by atoms with Gasteiger partial charge in [0, 0.05) is 29.6 Å². The van der Waals surface area contributed by atoms with Crippen LogP contribution in [0, 0.1) is 6.92 Å². The summed E-state index contributed by atoms with van der Waals surface area (Å²) in [4.78, 5) is 29.3. The maximum atomic E-state index is 13.7. The molecule has 4 aromatic rings. The topological polar surface area (TPSA) is 85.6 Å². The van der Waals surface area contributed by atoms with Gasteiger partial charge in [0.05, 0.1) is 6.54 Å². The summed E-state index contributed by atoms with van der Waals surface area (Å²) in [6, 6.07) is 20.9. The van der Waals surface area contributed by atoms with Crippen molar-refractivity contribution >= 4 is 23.0 Å².